The van der Waals surface area contributed by atoms with Crippen LogP contribution in [0.5, 0.6) is 0 Å². The molecule has 0 saturated heterocycles. The molecule has 0 heterocycles. The molecule has 98 valence electrons. The van der Waals surface area contributed by atoms with Gasteiger partial charge in [-0.1, -0.05) is 34.8 Å². The summed E-state index contributed by atoms with van der Waals surface area (Å²) in [5, 5.41) is 0.930. The van der Waals surface area contributed by atoms with Crippen molar-refractivity contribution in [2.45, 2.75) is 6.42 Å². The maximum atomic E-state index is 13.3. The first-order valence-electron chi connectivity index (χ1n) is 5.39. The predicted octanol–water partition coefficient (Wildman–Crippen LogP) is 5.21. The largest absolute Gasteiger partial charge is 0.294 e. The summed E-state index contributed by atoms with van der Waals surface area (Å²) in [6.45, 7) is 0. The van der Waals surface area contributed by atoms with Crippen LogP contribution in [0, 0.1) is 5.82 Å². The molecule has 2 rings (SSSR count). The minimum atomic E-state index is -0.621. The Kier molecular flexibility index (Phi) is 4.46. The minimum Gasteiger partial charge on any atom is -0.294 e. The molecule has 2 aromatic carbocycles. The molecule has 0 bridgehead atoms. The van der Waals surface area contributed by atoms with E-state index in [-0.39, 0.29) is 22.8 Å². The standard InChI is InChI=1S/C14H8Cl3FO/c15-10-2-4-11(16)9(5-10)7-14(19)8-1-3-12(17)13(18)6-8/h1-6H,7H2. The first-order chi connectivity index (χ1) is 8.97. The number of benzene rings is 2. The lowest BCUT2D eigenvalue weighted by molar-refractivity contribution is 0.0992. The number of carbonyl (C=O) groups is 1. The van der Waals surface area contributed by atoms with Crippen LogP contribution in [0.1, 0.15) is 15.9 Å². The number of carbonyl (C=O) groups excluding carboxylic acids is 1. The number of rotatable bonds is 3. The highest BCUT2D eigenvalue weighted by atomic mass is 35.5. The molecule has 2 aromatic rings. The molecule has 0 aliphatic heterocycles. The molecule has 0 aromatic heterocycles. The van der Waals surface area contributed by atoms with Crippen LogP contribution in [0.4, 0.5) is 4.39 Å². The van der Waals surface area contributed by atoms with Crippen molar-refractivity contribution in [2.75, 3.05) is 0 Å². The van der Waals surface area contributed by atoms with Crippen molar-refractivity contribution >= 4 is 40.6 Å². The first-order valence-corrected chi connectivity index (χ1v) is 6.53. The van der Waals surface area contributed by atoms with Gasteiger partial charge in [0.25, 0.3) is 0 Å². The maximum Gasteiger partial charge on any atom is 0.167 e. The van der Waals surface area contributed by atoms with Crippen molar-refractivity contribution < 1.29 is 9.18 Å². The van der Waals surface area contributed by atoms with E-state index in [1.165, 1.54) is 12.1 Å². The van der Waals surface area contributed by atoms with E-state index in [0.717, 1.165) is 6.07 Å². The van der Waals surface area contributed by atoms with Gasteiger partial charge in [-0.3, -0.25) is 4.79 Å². The van der Waals surface area contributed by atoms with Crippen LogP contribution < -0.4 is 0 Å². The Bertz CT molecular complexity index is 641. The normalized spacial score (nSPS) is 10.5. The van der Waals surface area contributed by atoms with Gasteiger partial charge in [-0.25, -0.2) is 4.39 Å². The Morgan fingerprint density at radius 2 is 1.68 bits per heavy atom. The summed E-state index contributed by atoms with van der Waals surface area (Å²) < 4.78 is 13.3. The summed E-state index contributed by atoms with van der Waals surface area (Å²) in [6, 6.07) is 8.82. The summed E-state index contributed by atoms with van der Waals surface area (Å²) in [5.41, 5.74) is 0.854. The van der Waals surface area contributed by atoms with Crippen LogP contribution in [0.2, 0.25) is 15.1 Å². The summed E-state index contributed by atoms with van der Waals surface area (Å²) in [5.74, 6) is -0.871. The van der Waals surface area contributed by atoms with Gasteiger partial charge in [-0.2, -0.15) is 0 Å². The lowest BCUT2D eigenvalue weighted by Crippen LogP contribution is -2.04. The molecule has 0 spiro atoms. The van der Waals surface area contributed by atoms with Gasteiger partial charge >= 0.3 is 0 Å². The zero-order valence-electron chi connectivity index (χ0n) is 9.59. The summed E-state index contributed by atoms with van der Waals surface area (Å²) in [4.78, 5) is 12.0. The van der Waals surface area contributed by atoms with Crippen molar-refractivity contribution in [3.63, 3.8) is 0 Å². The summed E-state index contributed by atoms with van der Waals surface area (Å²) in [6.07, 6.45) is 0.0560. The monoisotopic (exact) mass is 316 g/mol. The van der Waals surface area contributed by atoms with Crippen molar-refractivity contribution in [1.29, 1.82) is 0 Å². The third-order valence-electron chi connectivity index (χ3n) is 2.60. The quantitative estimate of drug-likeness (QED) is 0.710. The second-order valence-electron chi connectivity index (χ2n) is 3.96. The van der Waals surface area contributed by atoms with E-state index in [0.29, 0.717) is 15.6 Å². The van der Waals surface area contributed by atoms with E-state index in [1.54, 1.807) is 18.2 Å². The van der Waals surface area contributed by atoms with Crippen LogP contribution in [-0.4, -0.2) is 5.78 Å². The van der Waals surface area contributed by atoms with Gasteiger partial charge in [0.15, 0.2) is 5.78 Å². The van der Waals surface area contributed by atoms with E-state index < -0.39 is 5.82 Å². The average Bonchev–Trinajstić information content (AvgIpc) is 2.37. The third kappa shape index (κ3) is 3.47. The van der Waals surface area contributed by atoms with Gasteiger partial charge in [0.2, 0.25) is 0 Å². The summed E-state index contributed by atoms with van der Waals surface area (Å²) >= 11 is 17.4. The Balaban J connectivity index is 2.25. The molecule has 0 amide bonds. The molecule has 0 aliphatic rings. The second-order valence-corrected chi connectivity index (χ2v) is 5.22. The van der Waals surface area contributed by atoms with Crippen molar-refractivity contribution in [1.82, 2.24) is 0 Å². The molecule has 0 atom stereocenters. The number of hydrogen-bond acceptors (Lipinski definition) is 1. The highest BCUT2D eigenvalue weighted by Crippen LogP contribution is 2.23. The van der Waals surface area contributed by atoms with E-state index in [2.05, 4.69) is 0 Å². The van der Waals surface area contributed by atoms with Crippen LogP contribution in [0.25, 0.3) is 0 Å². The molecule has 0 fully saturated rings. The lowest BCUT2D eigenvalue weighted by Gasteiger charge is -2.05. The van der Waals surface area contributed by atoms with Crippen molar-refractivity contribution in [3.05, 3.63) is 68.4 Å². The van der Waals surface area contributed by atoms with Crippen LogP contribution in [-0.2, 0) is 6.42 Å². The smallest absolute Gasteiger partial charge is 0.167 e. The Hall–Kier alpha value is -1.09. The molecule has 0 saturated carbocycles. The molecule has 0 radical (unpaired) electrons. The maximum absolute atomic E-state index is 13.3. The van der Waals surface area contributed by atoms with Gasteiger partial charge in [0.05, 0.1) is 5.02 Å². The molecule has 19 heavy (non-hydrogen) atoms. The fraction of sp³-hybridized carbons (Fsp3) is 0.0714. The Labute approximate surface area is 124 Å². The van der Waals surface area contributed by atoms with E-state index in [4.69, 9.17) is 34.8 Å². The van der Waals surface area contributed by atoms with Gasteiger partial charge in [0.1, 0.15) is 5.82 Å². The molecular formula is C14H8Cl3FO. The molecule has 1 nitrogen and oxygen atoms in total. The van der Waals surface area contributed by atoms with Gasteiger partial charge in [0, 0.05) is 22.0 Å². The Morgan fingerprint density at radius 1 is 1.00 bits per heavy atom. The SMILES string of the molecule is O=C(Cc1cc(Cl)ccc1Cl)c1ccc(Cl)c(F)c1. The zero-order valence-corrected chi connectivity index (χ0v) is 11.9. The van der Waals surface area contributed by atoms with Gasteiger partial charge in [-0.05, 0) is 42.0 Å². The van der Waals surface area contributed by atoms with Crippen LogP contribution >= 0.6 is 34.8 Å². The highest BCUT2D eigenvalue weighted by molar-refractivity contribution is 6.33. The van der Waals surface area contributed by atoms with Gasteiger partial charge in [-0.15, -0.1) is 0 Å². The molecule has 0 N–H and O–H groups in total. The van der Waals surface area contributed by atoms with Crippen molar-refractivity contribution in [3.8, 4) is 0 Å². The molecule has 0 unspecified atom stereocenters. The minimum absolute atomic E-state index is 0.0164. The third-order valence-corrected chi connectivity index (χ3v) is 3.51. The number of hydrogen-bond donors (Lipinski definition) is 0. The molecule has 5 heteroatoms. The highest BCUT2D eigenvalue weighted by Gasteiger charge is 2.12. The molecule has 0 aliphatic carbocycles. The number of Topliss-reactive ketones (excluding diaryl/α,β-unsaturated/α-hetero) is 1. The molecular weight excluding hydrogens is 310 g/mol. The summed E-state index contributed by atoms with van der Waals surface area (Å²) in [7, 11) is 0. The van der Waals surface area contributed by atoms with Crippen molar-refractivity contribution in [2.24, 2.45) is 0 Å². The lowest BCUT2D eigenvalue weighted by atomic mass is 10.0. The van der Waals surface area contributed by atoms with Crippen LogP contribution in [0.3, 0.4) is 0 Å². The zero-order chi connectivity index (χ0) is 14.0. The van der Waals surface area contributed by atoms with E-state index in [1.807, 2.05) is 0 Å². The fourth-order valence-corrected chi connectivity index (χ4v) is 2.12. The number of ketones is 1. The topological polar surface area (TPSA) is 17.1 Å². The fourth-order valence-electron chi connectivity index (χ4n) is 1.62. The average molecular weight is 318 g/mol. The predicted molar refractivity (Wildman–Crippen MR) is 75.9 cm³/mol. The van der Waals surface area contributed by atoms with Gasteiger partial charge < -0.3 is 0 Å². The van der Waals surface area contributed by atoms with Crippen LogP contribution in [0.15, 0.2) is 36.4 Å². The van der Waals surface area contributed by atoms with E-state index >= 15 is 0 Å². The first kappa shape index (κ1) is 14.3. The Morgan fingerprint density at radius 3 is 2.37 bits per heavy atom. The van der Waals surface area contributed by atoms with E-state index in [9.17, 15) is 9.18 Å². The number of halogens is 4. The second kappa shape index (κ2) is 5.91.